The van der Waals surface area contributed by atoms with E-state index < -0.39 is 6.10 Å². The lowest BCUT2D eigenvalue weighted by Gasteiger charge is -2.15. The third kappa shape index (κ3) is 42.0. The molecule has 0 aliphatic heterocycles. The maximum absolute atomic E-state index is 12.2. The van der Waals surface area contributed by atoms with Crippen LogP contribution >= 0.6 is 0 Å². The van der Waals surface area contributed by atoms with E-state index in [1.807, 2.05) is 0 Å². The van der Waals surface area contributed by atoms with Crippen molar-refractivity contribution in [2.24, 2.45) is 0 Å². The van der Waals surface area contributed by atoms with E-state index in [2.05, 4.69) is 98.9 Å². The molecular formula is C48H82O4. The number of hydrogen-bond acceptors (Lipinski definition) is 4. The fourth-order valence-electron chi connectivity index (χ4n) is 5.72. The summed E-state index contributed by atoms with van der Waals surface area (Å²) in [4.78, 5) is 12.2. The molecule has 52 heavy (non-hydrogen) atoms. The molecule has 0 aromatic rings. The largest absolute Gasteiger partial charge is 0.457 e. The van der Waals surface area contributed by atoms with Crippen molar-refractivity contribution < 1.29 is 19.4 Å². The zero-order chi connectivity index (χ0) is 37.7. The lowest BCUT2D eigenvalue weighted by atomic mass is 10.1. The highest BCUT2D eigenvalue weighted by Gasteiger charge is 2.13. The number of ether oxygens (including phenoxy) is 2. The fourth-order valence-corrected chi connectivity index (χ4v) is 5.72. The molecule has 1 atom stereocenters. The highest BCUT2D eigenvalue weighted by atomic mass is 16.6. The van der Waals surface area contributed by atoms with Crippen LogP contribution < -0.4 is 0 Å². The first-order valence-corrected chi connectivity index (χ1v) is 21.7. The van der Waals surface area contributed by atoms with Crippen molar-refractivity contribution in [2.75, 3.05) is 19.8 Å². The van der Waals surface area contributed by atoms with E-state index in [0.717, 1.165) is 64.2 Å². The second kappa shape index (κ2) is 44.7. The van der Waals surface area contributed by atoms with Gasteiger partial charge in [-0.1, -0.05) is 182 Å². The van der Waals surface area contributed by atoms with Crippen LogP contribution in [0.4, 0.5) is 0 Å². The summed E-state index contributed by atoms with van der Waals surface area (Å²) >= 11 is 0. The average molecular weight is 723 g/mol. The normalized spacial score (nSPS) is 13.2. The van der Waals surface area contributed by atoms with E-state index in [0.29, 0.717) is 13.0 Å². The Morgan fingerprint density at radius 3 is 1.31 bits per heavy atom. The maximum Gasteiger partial charge on any atom is 0.306 e. The highest BCUT2D eigenvalue weighted by Crippen LogP contribution is 2.13. The van der Waals surface area contributed by atoms with Gasteiger partial charge >= 0.3 is 5.97 Å². The van der Waals surface area contributed by atoms with Crippen molar-refractivity contribution in [3.63, 3.8) is 0 Å². The fraction of sp³-hybridized carbons (Fsp3) is 0.688. The van der Waals surface area contributed by atoms with Gasteiger partial charge in [-0.15, -0.1) is 0 Å². The summed E-state index contributed by atoms with van der Waals surface area (Å²) in [5, 5.41) is 9.60. The number of esters is 1. The van der Waals surface area contributed by atoms with Crippen molar-refractivity contribution in [3.05, 3.63) is 85.1 Å². The zero-order valence-electron chi connectivity index (χ0n) is 34.0. The third-order valence-corrected chi connectivity index (χ3v) is 8.95. The van der Waals surface area contributed by atoms with Crippen molar-refractivity contribution >= 4 is 5.97 Å². The van der Waals surface area contributed by atoms with Gasteiger partial charge in [0, 0.05) is 13.0 Å². The molecule has 1 N–H and O–H groups in total. The third-order valence-electron chi connectivity index (χ3n) is 8.95. The molecule has 4 heteroatoms. The van der Waals surface area contributed by atoms with Gasteiger partial charge in [-0.2, -0.15) is 0 Å². The first-order chi connectivity index (χ1) is 25.7. The van der Waals surface area contributed by atoms with Crippen LogP contribution in [0.1, 0.15) is 187 Å². The van der Waals surface area contributed by atoms with Crippen LogP contribution in [0.25, 0.3) is 0 Å². The van der Waals surface area contributed by atoms with Crippen LogP contribution in [0, 0.1) is 0 Å². The molecule has 0 aromatic heterocycles. The Labute approximate surface area is 322 Å². The second-order valence-corrected chi connectivity index (χ2v) is 14.0. The smallest absolute Gasteiger partial charge is 0.306 e. The molecule has 4 nitrogen and oxygen atoms in total. The SMILES string of the molecule is CC/C=C\C/C=C\C/C=C\C/C=C\C/C=C\CCCCCCCCCCCC(=O)OC(CO)COCCCCCCCC/C=C\C/C=C\CCCC. The van der Waals surface area contributed by atoms with E-state index in [-0.39, 0.29) is 19.2 Å². The molecule has 1 unspecified atom stereocenters. The van der Waals surface area contributed by atoms with Gasteiger partial charge in [0.15, 0.2) is 0 Å². The summed E-state index contributed by atoms with van der Waals surface area (Å²) in [5.41, 5.74) is 0. The Morgan fingerprint density at radius 2 is 0.865 bits per heavy atom. The summed E-state index contributed by atoms with van der Waals surface area (Å²) < 4.78 is 11.1. The number of hydrogen-bond donors (Lipinski definition) is 1. The van der Waals surface area contributed by atoms with Crippen LogP contribution in [0.15, 0.2) is 85.1 Å². The average Bonchev–Trinajstić information content (AvgIpc) is 3.15. The molecule has 0 amide bonds. The number of aliphatic hydroxyl groups excluding tert-OH is 1. The van der Waals surface area contributed by atoms with Crippen molar-refractivity contribution in [1.82, 2.24) is 0 Å². The molecular weight excluding hydrogens is 641 g/mol. The number of carbonyl (C=O) groups excluding carboxylic acids is 1. The van der Waals surface area contributed by atoms with Gasteiger partial charge in [-0.25, -0.2) is 0 Å². The molecule has 0 saturated carbocycles. The second-order valence-electron chi connectivity index (χ2n) is 14.0. The van der Waals surface area contributed by atoms with Gasteiger partial charge < -0.3 is 14.6 Å². The molecule has 0 bridgehead atoms. The van der Waals surface area contributed by atoms with E-state index >= 15 is 0 Å². The Morgan fingerprint density at radius 1 is 0.481 bits per heavy atom. The molecule has 0 heterocycles. The topological polar surface area (TPSA) is 55.8 Å². The Bertz CT molecular complexity index is 938. The Hall–Kier alpha value is -2.43. The summed E-state index contributed by atoms with van der Waals surface area (Å²) in [7, 11) is 0. The summed E-state index contributed by atoms with van der Waals surface area (Å²) in [5.74, 6) is -0.214. The monoisotopic (exact) mass is 723 g/mol. The van der Waals surface area contributed by atoms with E-state index in [4.69, 9.17) is 9.47 Å². The molecule has 298 valence electrons. The van der Waals surface area contributed by atoms with Crippen molar-refractivity contribution in [2.45, 2.75) is 193 Å². The van der Waals surface area contributed by atoms with Gasteiger partial charge in [0.25, 0.3) is 0 Å². The van der Waals surface area contributed by atoms with Crippen molar-refractivity contribution in [3.8, 4) is 0 Å². The number of allylic oxidation sites excluding steroid dienone is 14. The standard InChI is InChI=1S/C48H82O4/c1-3-5-7-9-11-13-15-17-19-20-21-22-23-24-25-26-27-28-29-31-33-35-37-39-41-43-48(50)52-47(45-49)46-51-44-42-40-38-36-34-32-30-18-16-14-12-10-8-6-4-2/h5,7,10-13,16-19,21-22,24-25,47,49H,3-4,6,8-9,14-15,20,23,26-46H2,1-2H3/b7-5-,12-10-,13-11-,18-16-,19-17-,22-21-,25-24-. The minimum atomic E-state index is -0.548. The predicted octanol–water partition coefficient (Wildman–Crippen LogP) is 14.4. The summed E-state index contributed by atoms with van der Waals surface area (Å²) in [6.07, 6.45) is 62.1. The number of carbonyl (C=O) groups is 1. The minimum Gasteiger partial charge on any atom is -0.457 e. The number of unbranched alkanes of at least 4 members (excludes halogenated alkanes) is 17. The number of rotatable bonds is 39. The molecule has 0 fully saturated rings. The van der Waals surface area contributed by atoms with E-state index in [1.54, 1.807) is 0 Å². The van der Waals surface area contributed by atoms with Gasteiger partial charge in [0.05, 0.1) is 13.2 Å². The van der Waals surface area contributed by atoms with E-state index in [9.17, 15) is 9.90 Å². The summed E-state index contributed by atoms with van der Waals surface area (Å²) in [6, 6.07) is 0. The highest BCUT2D eigenvalue weighted by molar-refractivity contribution is 5.69. The molecule has 0 aliphatic carbocycles. The van der Waals surface area contributed by atoms with E-state index in [1.165, 1.54) is 103 Å². The molecule has 0 spiro atoms. The molecule has 0 aromatic carbocycles. The number of aliphatic hydroxyl groups is 1. The van der Waals surface area contributed by atoms with Gasteiger partial charge in [-0.3, -0.25) is 4.79 Å². The van der Waals surface area contributed by atoms with Crippen LogP contribution in [-0.4, -0.2) is 37.0 Å². The zero-order valence-corrected chi connectivity index (χ0v) is 34.0. The van der Waals surface area contributed by atoms with Crippen molar-refractivity contribution in [1.29, 1.82) is 0 Å². The maximum atomic E-state index is 12.2. The predicted molar refractivity (Wildman–Crippen MR) is 228 cm³/mol. The first kappa shape index (κ1) is 49.6. The minimum absolute atomic E-state index is 0.183. The van der Waals surface area contributed by atoms with Gasteiger partial charge in [0.2, 0.25) is 0 Å². The van der Waals surface area contributed by atoms with Gasteiger partial charge in [-0.05, 0) is 83.5 Å². The van der Waals surface area contributed by atoms with Crippen LogP contribution in [-0.2, 0) is 14.3 Å². The lowest BCUT2D eigenvalue weighted by Crippen LogP contribution is -2.27. The van der Waals surface area contributed by atoms with Crippen LogP contribution in [0.5, 0.6) is 0 Å². The van der Waals surface area contributed by atoms with Crippen LogP contribution in [0.3, 0.4) is 0 Å². The molecule has 0 rings (SSSR count). The molecule has 0 radical (unpaired) electrons. The summed E-state index contributed by atoms with van der Waals surface area (Å²) in [6.45, 7) is 5.16. The molecule has 0 saturated heterocycles. The first-order valence-electron chi connectivity index (χ1n) is 21.7. The quantitative estimate of drug-likeness (QED) is 0.0390. The lowest BCUT2D eigenvalue weighted by molar-refractivity contribution is -0.154. The van der Waals surface area contributed by atoms with Gasteiger partial charge in [0.1, 0.15) is 6.10 Å². The van der Waals surface area contributed by atoms with Crippen LogP contribution in [0.2, 0.25) is 0 Å². The Kier molecular flexibility index (Phi) is 42.6. The molecule has 0 aliphatic rings. The Balaban J connectivity index is 3.50.